The van der Waals surface area contributed by atoms with Crippen molar-refractivity contribution in [3.05, 3.63) is 11.6 Å². The highest BCUT2D eigenvalue weighted by Crippen LogP contribution is 2.79. The summed E-state index contributed by atoms with van der Waals surface area (Å²) < 4.78 is 5.96. The van der Waals surface area contributed by atoms with Gasteiger partial charge in [-0.2, -0.15) is 0 Å². The largest absolute Gasteiger partial charge is 0.365 e. The van der Waals surface area contributed by atoms with Crippen LogP contribution in [0.4, 0.5) is 0 Å². The van der Waals surface area contributed by atoms with E-state index in [2.05, 4.69) is 40.7 Å². The van der Waals surface area contributed by atoms with Gasteiger partial charge in [-0.3, -0.25) is 0 Å². The van der Waals surface area contributed by atoms with E-state index in [9.17, 15) is 0 Å². The minimum Gasteiger partial charge on any atom is -0.365 e. The predicted molar refractivity (Wildman–Crippen MR) is 120 cm³/mol. The van der Waals surface area contributed by atoms with Crippen molar-refractivity contribution in [3.8, 4) is 0 Å². The highest BCUT2D eigenvalue weighted by molar-refractivity contribution is 5.46. The Morgan fingerprint density at radius 2 is 1.83 bits per heavy atom. The highest BCUT2D eigenvalue weighted by atomic mass is 16.7. The summed E-state index contributed by atoms with van der Waals surface area (Å²) in [4.78, 5) is 0. The van der Waals surface area contributed by atoms with Gasteiger partial charge in [-0.05, 0) is 91.3 Å². The van der Waals surface area contributed by atoms with Crippen LogP contribution in [0, 0.1) is 52.3 Å². The SMILES string of the molecule is CC(C)CCC[C@@H](C)[C@H]1CC[C@H]2[C@@H]3CC=C4[C@H]5[C@@H]6O[C@@]65CC[C@]4(C)[C@H]3CC[C@]12C. The molecule has 0 bridgehead atoms. The number of fused-ring (bicyclic) bond motifs is 7. The first kappa shape index (κ1) is 19.4. The van der Waals surface area contributed by atoms with Gasteiger partial charge in [-0.15, -0.1) is 0 Å². The normalized spacial score (nSPS) is 55.2. The molecule has 4 saturated carbocycles. The maximum Gasteiger partial charge on any atom is 0.105 e. The summed E-state index contributed by atoms with van der Waals surface area (Å²) in [6.07, 6.45) is 17.9. The van der Waals surface area contributed by atoms with E-state index in [-0.39, 0.29) is 0 Å². The van der Waals surface area contributed by atoms with Gasteiger partial charge >= 0.3 is 0 Å². The van der Waals surface area contributed by atoms with Crippen molar-refractivity contribution in [2.45, 2.75) is 111 Å². The van der Waals surface area contributed by atoms with E-state index in [0.717, 1.165) is 41.4 Å². The molecule has 29 heavy (non-hydrogen) atoms. The third-order valence-electron chi connectivity index (χ3n) is 11.6. The van der Waals surface area contributed by atoms with Gasteiger partial charge in [-0.25, -0.2) is 0 Å². The topological polar surface area (TPSA) is 12.5 Å². The molecule has 0 radical (unpaired) electrons. The lowest BCUT2D eigenvalue weighted by atomic mass is 9.47. The first-order valence-corrected chi connectivity index (χ1v) is 13.2. The van der Waals surface area contributed by atoms with E-state index < -0.39 is 0 Å². The lowest BCUT2D eigenvalue weighted by Gasteiger charge is -2.58. The molecule has 0 aromatic rings. The van der Waals surface area contributed by atoms with Gasteiger partial charge in [0.2, 0.25) is 0 Å². The molecule has 5 fully saturated rings. The Morgan fingerprint density at radius 1 is 1.00 bits per heavy atom. The first-order chi connectivity index (χ1) is 13.8. The molecule has 1 heteroatoms. The number of allylic oxidation sites excluding steroid dienone is 1. The van der Waals surface area contributed by atoms with Crippen LogP contribution in [-0.2, 0) is 4.74 Å². The van der Waals surface area contributed by atoms with Gasteiger partial charge in [-0.1, -0.05) is 65.5 Å². The molecule has 1 saturated heterocycles. The standard InChI is InChI=1S/C28H44O/c1-17(2)7-6-8-18(3)20-11-12-21-19-9-10-23-24-25-28(24,29-25)16-15-27(23,5)22(19)13-14-26(20,21)4/h10,17-22,24-25H,6-9,11-16H2,1-5H3/t18-,19+,20-,21+,22+,24+,25+,26-,27-,28-/m1/s1. The Kier molecular flexibility index (Phi) is 4.11. The van der Waals surface area contributed by atoms with Crippen LogP contribution in [0.15, 0.2) is 11.6 Å². The minimum atomic E-state index is 0.366. The van der Waals surface area contributed by atoms with Gasteiger partial charge in [0.1, 0.15) is 5.60 Å². The summed E-state index contributed by atoms with van der Waals surface area (Å²) in [6.45, 7) is 12.8. The van der Waals surface area contributed by atoms with E-state index in [4.69, 9.17) is 4.74 Å². The average molecular weight is 397 g/mol. The van der Waals surface area contributed by atoms with Crippen LogP contribution in [0.2, 0.25) is 0 Å². The summed E-state index contributed by atoms with van der Waals surface area (Å²) in [5, 5.41) is 0. The van der Waals surface area contributed by atoms with Crippen LogP contribution in [-0.4, -0.2) is 11.7 Å². The van der Waals surface area contributed by atoms with Crippen molar-refractivity contribution in [1.82, 2.24) is 0 Å². The predicted octanol–water partition coefficient (Wildman–Crippen LogP) is 7.41. The fourth-order valence-corrected chi connectivity index (χ4v) is 9.85. The fraction of sp³-hybridized carbons (Fsp3) is 0.929. The van der Waals surface area contributed by atoms with E-state index in [1.165, 1.54) is 64.2 Å². The first-order valence-electron chi connectivity index (χ1n) is 13.2. The summed E-state index contributed by atoms with van der Waals surface area (Å²) >= 11 is 0. The minimum absolute atomic E-state index is 0.366. The van der Waals surface area contributed by atoms with E-state index in [0.29, 0.717) is 22.5 Å². The second-order valence-electron chi connectivity index (χ2n) is 13.2. The summed E-state index contributed by atoms with van der Waals surface area (Å²) in [7, 11) is 0. The number of ether oxygens (including phenoxy) is 1. The number of rotatable bonds is 5. The smallest absolute Gasteiger partial charge is 0.105 e. The van der Waals surface area contributed by atoms with Crippen LogP contribution in [0.1, 0.15) is 98.8 Å². The zero-order valence-corrected chi connectivity index (χ0v) is 19.7. The third-order valence-corrected chi connectivity index (χ3v) is 11.6. The fourth-order valence-electron chi connectivity index (χ4n) is 9.85. The average Bonchev–Trinajstić information content (AvgIpc) is 3.49. The monoisotopic (exact) mass is 396 g/mol. The molecule has 0 unspecified atom stereocenters. The molecule has 1 heterocycles. The van der Waals surface area contributed by atoms with Crippen molar-refractivity contribution in [3.63, 3.8) is 0 Å². The molecule has 0 aromatic heterocycles. The van der Waals surface area contributed by atoms with Crippen molar-refractivity contribution < 1.29 is 4.74 Å². The molecule has 6 aliphatic rings. The van der Waals surface area contributed by atoms with Crippen molar-refractivity contribution in [1.29, 1.82) is 0 Å². The van der Waals surface area contributed by atoms with Gasteiger partial charge in [0.05, 0.1) is 6.10 Å². The molecule has 162 valence electrons. The van der Waals surface area contributed by atoms with Crippen molar-refractivity contribution >= 4 is 0 Å². The molecule has 5 aliphatic carbocycles. The van der Waals surface area contributed by atoms with Crippen LogP contribution >= 0.6 is 0 Å². The van der Waals surface area contributed by atoms with Crippen LogP contribution < -0.4 is 0 Å². The lowest BCUT2D eigenvalue weighted by molar-refractivity contribution is -0.0590. The molecule has 0 N–H and O–H groups in total. The van der Waals surface area contributed by atoms with Crippen molar-refractivity contribution in [2.24, 2.45) is 52.3 Å². The van der Waals surface area contributed by atoms with Crippen LogP contribution in [0.3, 0.4) is 0 Å². The van der Waals surface area contributed by atoms with Crippen LogP contribution in [0.5, 0.6) is 0 Å². The van der Waals surface area contributed by atoms with Gasteiger partial charge in [0, 0.05) is 5.92 Å². The quantitative estimate of drug-likeness (QED) is 0.348. The Balaban J connectivity index is 1.20. The number of epoxide rings is 1. The molecular weight excluding hydrogens is 352 g/mol. The maximum absolute atomic E-state index is 5.96. The Hall–Kier alpha value is -0.300. The summed E-state index contributed by atoms with van der Waals surface area (Å²) in [6, 6.07) is 0. The molecule has 6 rings (SSSR count). The molecule has 1 aliphatic heterocycles. The highest BCUT2D eigenvalue weighted by Gasteiger charge is 2.85. The van der Waals surface area contributed by atoms with E-state index >= 15 is 0 Å². The second kappa shape index (κ2) is 6.14. The van der Waals surface area contributed by atoms with Crippen LogP contribution in [0.25, 0.3) is 0 Å². The Morgan fingerprint density at radius 3 is 2.59 bits per heavy atom. The molecule has 10 atom stereocenters. The molecule has 0 aromatic carbocycles. The third kappa shape index (κ3) is 2.49. The molecule has 1 spiro atoms. The number of hydrogen-bond acceptors (Lipinski definition) is 1. The Bertz CT molecular complexity index is 722. The Labute approximate surface area is 179 Å². The van der Waals surface area contributed by atoms with Crippen molar-refractivity contribution in [2.75, 3.05) is 0 Å². The summed E-state index contributed by atoms with van der Waals surface area (Å²) in [5.41, 5.74) is 3.37. The second-order valence-corrected chi connectivity index (χ2v) is 13.2. The zero-order chi connectivity index (χ0) is 20.2. The van der Waals surface area contributed by atoms with E-state index in [1.807, 2.05) is 5.57 Å². The van der Waals surface area contributed by atoms with Gasteiger partial charge in [0.15, 0.2) is 0 Å². The molecule has 0 amide bonds. The van der Waals surface area contributed by atoms with Gasteiger partial charge in [0.25, 0.3) is 0 Å². The molecule has 1 nitrogen and oxygen atoms in total. The zero-order valence-electron chi connectivity index (χ0n) is 19.7. The maximum atomic E-state index is 5.96. The van der Waals surface area contributed by atoms with E-state index in [1.54, 1.807) is 0 Å². The lowest BCUT2D eigenvalue weighted by Crippen LogP contribution is -2.51. The molecular formula is C28H44O. The van der Waals surface area contributed by atoms with Gasteiger partial charge < -0.3 is 4.74 Å². The summed E-state index contributed by atoms with van der Waals surface area (Å²) in [5.74, 6) is 6.55. The number of hydrogen-bond donors (Lipinski definition) is 0.